The van der Waals surface area contributed by atoms with E-state index in [1.165, 1.54) is 24.2 Å². The molecule has 1 aliphatic heterocycles. The molecule has 0 spiro atoms. The van der Waals surface area contributed by atoms with Gasteiger partial charge in [-0.2, -0.15) is 0 Å². The van der Waals surface area contributed by atoms with Crippen LogP contribution >= 0.6 is 0 Å². The Labute approximate surface area is 182 Å². The summed E-state index contributed by atoms with van der Waals surface area (Å²) in [5.74, 6) is 0. The minimum atomic E-state index is 0.453. The van der Waals surface area contributed by atoms with E-state index in [4.69, 9.17) is 0 Å². The summed E-state index contributed by atoms with van der Waals surface area (Å²) in [6, 6.07) is 22.2. The number of rotatable bonds is 4. The van der Waals surface area contributed by atoms with Gasteiger partial charge >= 0.3 is 0 Å². The second-order valence-corrected chi connectivity index (χ2v) is 5.76. The average molecular weight is 401 g/mol. The molecule has 1 fully saturated rings. The van der Waals surface area contributed by atoms with E-state index in [1.54, 1.807) is 0 Å². The number of benzene rings is 2. The highest BCUT2D eigenvalue weighted by Gasteiger charge is 2.27. The second-order valence-electron chi connectivity index (χ2n) is 5.76. The number of nitrogens with zero attached hydrogens (tertiary/aromatic N) is 2. The molecule has 0 saturated carbocycles. The first kappa shape index (κ1) is 29.4. The number of anilines is 1. The Kier molecular flexibility index (Phi) is 21.2. The highest BCUT2D eigenvalue weighted by atomic mass is 15.3. The van der Waals surface area contributed by atoms with E-state index in [1.807, 2.05) is 55.4 Å². The van der Waals surface area contributed by atoms with Crippen molar-refractivity contribution in [3.63, 3.8) is 0 Å². The van der Waals surface area contributed by atoms with Gasteiger partial charge in [0.25, 0.3) is 0 Å². The minimum absolute atomic E-state index is 0.453. The Hall–Kier alpha value is -1.80. The summed E-state index contributed by atoms with van der Waals surface area (Å²) in [6.07, 6.45) is 1.23. The van der Waals surface area contributed by atoms with Crippen molar-refractivity contribution < 1.29 is 0 Å². The Morgan fingerprint density at radius 1 is 0.690 bits per heavy atom. The molecule has 3 rings (SSSR count). The van der Waals surface area contributed by atoms with Gasteiger partial charge in [-0.3, -0.25) is 4.90 Å². The molecule has 0 aliphatic carbocycles. The van der Waals surface area contributed by atoms with Crippen LogP contribution in [0.15, 0.2) is 60.7 Å². The molecule has 166 valence electrons. The second kappa shape index (κ2) is 20.9. The van der Waals surface area contributed by atoms with Crippen LogP contribution in [0.4, 0.5) is 5.69 Å². The van der Waals surface area contributed by atoms with E-state index in [0.717, 1.165) is 19.6 Å². The lowest BCUT2D eigenvalue weighted by Crippen LogP contribution is -2.48. The van der Waals surface area contributed by atoms with Crippen molar-refractivity contribution in [2.45, 2.75) is 74.8 Å². The molecule has 1 heterocycles. The predicted octanol–water partition coefficient (Wildman–Crippen LogP) is 8.06. The molecule has 2 aromatic carbocycles. The Balaban J connectivity index is 0. The van der Waals surface area contributed by atoms with Crippen LogP contribution in [0.5, 0.6) is 0 Å². The molecule has 0 bridgehead atoms. The van der Waals surface area contributed by atoms with Gasteiger partial charge in [0.1, 0.15) is 0 Å². The molecule has 2 nitrogen and oxygen atoms in total. The lowest BCUT2D eigenvalue weighted by atomic mass is 10.0. The van der Waals surface area contributed by atoms with Gasteiger partial charge in [0.15, 0.2) is 0 Å². The van der Waals surface area contributed by atoms with Crippen LogP contribution in [-0.4, -0.2) is 31.1 Å². The van der Waals surface area contributed by atoms with E-state index in [9.17, 15) is 0 Å². The van der Waals surface area contributed by atoms with Gasteiger partial charge in [-0.05, 0) is 30.7 Å². The maximum absolute atomic E-state index is 2.59. The lowest BCUT2D eigenvalue weighted by Gasteiger charge is -2.43. The first-order chi connectivity index (χ1) is 14.4. The quantitative estimate of drug-likeness (QED) is 0.512. The van der Waals surface area contributed by atoms with E-state index >= 15 is 0 Å². The summed E-state index contributed by atoms with van der Waals surface area (Å²) in [5.41, 5.74) is 2.75. The first-order valence-corrected chi connectivity index (χ1v) is 12.0. The monoisotopic (exact) mass is 400 g/mol. The molecular formula is C27H48N2. The topological polar surface area (TPSA) is 6.48 Å². The zero-order valence-electron chi connectivity index (χ0n) is 20.8. The molecule has 0 N–H and O–H groups in total. The van der Waals surface area contributed by atoms with Gasteiger partial charge in [-0.25, -0.2) is 0 Å². The molecule has 2 aromatic rings. The summed E-state index contributed by atoms with van der Waals surface area (Å²) in [7, 11) is 0. The third-order valence-corrected chi connectivity index (χ3v) is 4.28. The Morgan fingerprint density at radius 2 is 1.17 bits per heavy atom. The highest BCUT2D eigenvalue weighted by Crippen LogP contribution is 2.30. The predicted molar refractivity (Wildman–Crippen MR) is 135 cm³/mol. The normalized spacial score (nSPS) is 15.1. The van der Waals surface area contributed by atoms with Gasteiger partial charge in [0.2, 0.25) is 0 Å². The van der Waals surface area contributed by atoms with Gasteiger partial charge in [0.05, 0.1) is 6.04 Å². The molecule has 1 aliphatic rings. The summed E-state index contributed by atoms with van der Waals surface area (Å²) in [4.78, 5) is 5.15. The standard InChI is InChI=1S/C19H24N2.4C2H6/c1-2-13-20-14-15-21(18-11-7-4-8-12-18)19(16-20)17-9-5-3-6-10-17;4*1-2/h3-12,19H,2,13-16H2,1H3;4*1-2H3. The van der Waals surface area contributed by atoms with Gasteiger partial charge in [-0.15, -0.1) is 0 Å². The van der Waals surface area contributed by atoms with Crippen LogP contribution in [0.3, 0.4) is 0 Å². The van der Waals surface area contributed by atoms with Crippen molar-refractivity contribution in [3.8, 4) is 0 Å². The third kappa shape index (κ3) is 10.5. The van der Waals surface area contributed by atoms with E-state index in [-0.39, 0.29) is 0 Å². The third-order valence-electron chi connectivity index (χ3n) is 4.28. The van der Waals surface area contributed by atoms with Crippen LogP contribution in [0.1, 0.15) is 80.3 Å². The van der Waals surface area contributed by atoms with Crippen molar-refractivity contribution in [1.82, 2.24) is 4.90 Å². The number of piperazine rings is 1. The van der Waals surface area contributed by atoms with Crippen molar-refractivity contribution in [1.29, 1.82) is 0 Å². The fourth-order valence-electron chi connectivity index (χ4n) is 3.25. The molecular weight excluding hydrogens is 352 g/mol. The number of hydrogen-bond acceptors (Lipinski definition) is 2. The van der Waals surface area contributed by atoms with E-state index < -0.39 is 0 Å². The van der Waals surface area contributed by atoms with Crippen molar-refractivity contribution >= 4 is 5.69 Å². The fraction of sp³-hybridized carbons (Fsp3) is 0.556. The summed E-state index contributed by atoms with van der Waals surface area (Å²) in [5, 5.41) is 0. The first-order valence-electron chi connectivity index (χ1n) is 12.0. The van der Waals surface area contributed by atoms with Gasteiger partial charge < -0.3 is 4.90 Å². The molecule has 1 unspecified atom stereocenters. The average Bonchev–Trinajstić information content (AvgIpc) is 2.85. The fourth-order valence-corrected chi connectivity index (χ4v) is 3.25. The zero-order chi connectivity index (χ0) is 22.5. The summed E-state index contributed by atoms with van der Waals surface area (Å²) >= 11 is 0. The number of para-hydroxylation sites is 1. The summed E-state index contributed by atoms with van der Waals surface area (Å²) < 4.78 is 0. The van der Waals surface area contributed by atoms with E-state index in [2.05, 4.69) is 77.4 Å². The van der Waals surface area contributed by atoms with E-state index in [0.29, 0.717) is 6.04 Å². The van der Waals surface area contributed by atoms with Gasteiger partial charge in [0, 0.05) is 25.3 Å². The van der Waals surface area contributed by atoms with Crippen LogP contribution in [0.2, 0.25) is 0 Å². The molecule has 0 amide bonds. The molecule has 0 aromatic heterocycles. The van der Waals surface area contributed by atoms with Crippen LogP contribution in [-0.2, 0) is 0 Å². The number of hydrogen-bond donors (Lipinski definition) is 0. The minimum Gasteiger partial charge on any atom is -0.362 e. The van der Waals surface area contributed by atoms with Crippen molar-refractivity contribution in [2.75, 3.05) is 31.1 Å². The van der Waals surface area contributed by atoms with Crippen molar-refractivity contribution in [3.05, 3.63) is 66.2 Å². The van der Waals surface area contributed by atoms with Crippen LogP contribution in [0, 0.1) is 0 Å². The summed E-state index contributed by atoms with van der Waals surface area (Å²) in [6.45, 7) is 22.8. The molecule has 0 radical (unpaired) electrons. The van der Waals surface area contributed by atoms with Crippen LogP contribution < -0.4 is 4.90 Å². The molecule has 1 atom stereocenters. The maximum atomic E-state index is 2.59. The van der Waals surface area contributed by atoms with Crippen molar-refractivity contribution in [2.24, 2.45) is 0 Å². The van der Waals surface area contributed by atoms with Gasteiger partial charge in [-0.1, -0.05) is 111 Å². The lowest BCUT2D eigenvalue weighted by molar-refractivity contribution is 0.224. The maximum Gasteiger partial charge on any atom is 0.0670 e. The largest absolute Gasteiger partial charge is 0.362 e. The van der Waals surface area contributed by atoms with Crippen LogP contribution in [0.25, 0.3) is 0 Å². The Morgan fingerprint density at radius 3 is 1.66 bits per heavy atom. The highest BCUT2D eigenvalue weighted by molar-refractivity contribution is 5.49. The Bertz CT molecular complexity index is 539. The molecule has 2 heteroatoms. The molecule has 29 heavy (non-hydrogen) atoms. The molecule has 1 saturated heterocycles. The zero-order valence-corrected chi connectivity index (χ0v) is 20.8. The smallest absolute Gasteiger partial charge is 0.0670 e. The SMILES string of the molecule is CC.CC.CC.CC.CCCN1CCN(c2ccccc2)C(c2ccccc2)C1.